The van der Waals surface area contributed by atoms with E-state index < -0.39 is 7.14 Å². The van der Waals surface area contributed by atoms with E-state index in [4.69, 9.17) is 0 Å². The summed E-state index contributed by atoms with van der Waals surface area (Å²) in [5.41, 5.74) is 0. The van der Waals surface area contributed by atoms with Gasteiger partial charge in [0.15, 0.2) is 7.14 Å². The van der Waals surface area contributed by atoms with Gasteiger partial charge in [-0.2, -0.15) is 0 Å². The van der Waals surface area contributed by atoms with Crippen LogP contribution in [-0.2, 0) is 4.57 Å². The quantitative estimate of drug-likeness (QED) is 0.284. The average Bonchev–Trinajstić information content (AvgIpc) is 2.87. The van der Waals surface area contributed by atoms with Crippen LogP contribution in [0.4, 0.5) is 0 Å². The first-order valence-corrected chi connectivity index (χ1v) is 12.5. The van der Waals surface area contributed by atoms with Crippen LogP contribution in [0, 0.1) is 0 Å². The first kappa shape index (κ1) is 19.0. The molecule has 0 spiro atoms. The first-order valence-electron chi connectivity index (χ1n) is 10.8. The minimum absolute atomic E-state index is 0.864. The highest BCUT2D eigenvalue weighted by Crippen LogP contribution is 2.45. The highest BCUT2D eigenvalue weighted by atomic mass is 31.2. The maximum Gasteiger partial charge on any atom is 0.171 e. The predicted molar refractivity (Wildman–Crippen MR) is 138 cm³/mol. The van der Waals surface area contributed by atoms with Gasteiger partial charge in [0.05, 0.1) is 0 Å². The Kier molecular flexibility index (Phi) is 4.45. The van der Waals surface area contributed by atoms with E-state index >= 15 is 4.57 Å². The van der Waals surface area contributed by atoms with Gasteiger partial charge in [-0.05, 0) is 44.5 Å². The summed E-state index contributed by atoms with van der Waals surface area (Å²) in [6.45, 7) is 0. The van der Waals surface area contributed by atoms with Crippen molar-refractivity contribution in [2.24, 2.45) is 0 Å². The second-order valence-corrected chi connectivity index (χ2v) is 10.9. The molecular weight excluding hydrogens is 407 g/mol. The van der Waals surface area contributed by atoms with E-state index in [9.17, 15) is 0 Å². The normalized spacial score (nSPS) is 11.9. The van der Waals surface area contributed by atoms with Crippen LogP contribution in [0.25, 0.3) is 32.3 Å². The van der Waals surface area contributed by atoms with Crippen molar-refractivity contribution in [3.05, 3.63) is 127 Å². The molecule has 0 saturated carbocycles. The van der Waals surface area contributed by atoms with E-state index in [-0.39, 0.29) is 0 Å². The van der Waals surface area contributed by atoms with Gasteiger partial charge in [-0.1, -0.05) is 115 Å². The molecule has 0 heterocycles. The lowest BCUT2D eigenvalue weighted by Gasteiger charge is -2.22. The summed E-state index contributed by atoms with van der Waals surface area (Å²) in [5, 5.41) is 9.27. The van der Waals surface area contributed by atoms with Gasteiger partial charge in [-0.25, -0.2) is 0 Å². The molecule has 152 valence electrons. The number of rotatable bonds is 3. The van der Waals surface area contributed by atoms with Crippen LogP contribution in [0.2, 0.25) is 0 Å². The van der Waals surface area contributed by atoms with Gasteiger partial charge in [0, 0.05) is 15.9 Å². The van der Waals surface area contributed by atoms with Crippen molar-refractivity contribution >= 4 is 55.4 Å². The van der Waals surface area contributed by atoms with Crippen molar-refractivity contribution < 1.29 is 4.57 Å². The maximum absolute atomic E-state index is 15.3. The molecule has 6 aromatic rings. The highest BCUT2D eigenvalue weighted by molar-refractivity contribution is 7.85. The summed E-state index contributed by atoms with van der Waals surface area (Å²) >= 11 is 0. The molecule has 0 aliphatic carbocycles. The van der Waals surface area contributed by atoms with E-state index in [1.165, 1.54) is 0 Å². The van der Waals surface area contributed by atoms with Crippen molar-refractivity contribution in [2.45, 2.75) is 0 Å². The van der Waals surface area contributed by atoms with E-state index in [1.807, 2.05) is 60.7 Å². The summed E-state index contributed by atoms with van der Waals surface area (Å²) < 4.78 is 15.3. The molecule has 0 saturated heterocycles. The van der Waals surface area contributed by atoms with Crippen molar-refractivity contribution in [1.82, 2.24) is 0 Å². The van der Waals surface area contributed by atoms with Crippen molar-refractivity contribution in [3.63, 3.8) is 0 Å². The lowest BCUT2D eigenvalue weighted by molar-refractivity contribution is 0.592. The van der Waals surface area contributed by atoms with E-state index in [0.717, 1.165) is 48.2 Å². The van der Waals surface area contributed by atoms with Crippen molar-refractivity contribution in [1.29, 1.82) is 0 Å². The van der Waals surface area contributed by atoms with Crippen LogP contribution >= 0.6 is 7.14 Å². The van der Waals surface area contributed by atoms with Crippen LogP contribution < -0.4 is 15.9 Å². The smallest absolute Gasteiger partial charge is 0.171 e. The third-order valence-electron chi connectivity index (χ3n) is 6.30. The Morgan fingerprint density at radius 3 is 1.47 bits per heavy atom. The first-order chi connectivity index (χ1) is 15.7. The predicted octanol–water partition coefficient (Wildman–Crippen LogP) is 6.79. The molecule has 0 atom stereocenters. The molecule has 32 heavy (non-hydrogen) atoms. The summed E-state index contributed by atoms with van der Waals surface area (Å²) in [5.74, 6) is 0. The fourth-order valence-electron chi connectivity index (χ4n) is 4.66. The average molecular weight is 428 g/mol. The third kappa shape index (κ3) is 2.98. The summed E-state index contributed by atoms with van der Waals surface area (Å²) in [6, 6.07) is 43.3. The summed E-state index contributed by atoms with van der Waals surface area (Å²) in [4.78, 5) is 0. The fraction of sp³-hybridized carbons (Fsp3) is 0. The number of benzene rings is 6. The Balaban J connectivity index is 1.71. The van der Waals surface area contributed by atoms with Gasteiger partial charge in [0.1, 0.15) is 0 Å². The molecule has 0 fully saturated rings. The molecule has 6 rings (SSSR count). The Morgan fingerprint density at radius 2 is 0.875 bits per heavy atom. The Labute approximate surface area is 187 Å². The monoisotopic (exact) mass is 428 g/mol. The minimum Gasteiger partial charge on any atom is -0.309 e. The second-order valence-electron chi connectivity index (χ2n) is 8.17. The molecule has 0 aromatic heterocycles. The molecular formula is C30H21OP. The van der Waals surface area contributed by atoms with Gasteiger partial charge >= 0.3 is 0 Å². The van der Waals surface area contributed by atoms with Gasteiger partial charge in [-0.3, -0.25) is 0 Å². The van der Waals surface area contributed by atoms with Crippen molar-refractivity contribution in [3.8, 4) is 0 Å². The molecule has 0 aliphatic rings. The topological polar surface area (TPSA) is 17.1 Å². The molecule has 0 radical (unpaired) electrons. The van der Waals surface area contributed by atoms with Crippen LogP contribution in [0.1, 0.15) is 0 Å². The van der Waals surface area contributed by atoms with Crippen molar-refractivity contribution in [2.75, 3.05) is 0 Å². The number of fused-ring (bicyclic) bond motifs is 3. The zero-order valence-corrected chi connectivity index (χ0v) is 18.4. The van der Waals surface area contributed by atoms with E-state index in [0.29, 0.717) is 0 Å². The summed E-state index contributed by atoms with van der Waals surface area (Å²) in [7, 11) is -3.13. The zero-order chi connectivity index (χ0) is 21.5. The van der Waals surface area contributed by atoms with Gasteiger partial charge in [-0.15, -0.1) is 0 Å². The number of hydrogen-bond donors (Lipinski definition) is 0. The highest BCUT2D eigenvalue weighted by Gasteiger charge is 2.31. The van der Waals surface area contributed by atoms with Crippen LogP contribution in [0.3, 0.4) is 0 Å². The molecule has 6 aromatic carbocycles. The Morgan fingerprint density at radius 1 is 0.406 bits per heavy atom. The Bertz CT molecular complexity index is 1580. The zero-order valence-electron chi connectivity index (χ0n) is 17.5. The number of hydrogen-bond acceptors (Lipinski definition) is 1. The largest absolute Gasteiger partial charge is 0.309 e. The molecule has 0 unspecified atom stereocenters. The van der Waals surface area contributed by atoms with Gasteiger partial charge < -0.3 is 4.57 Å². The second kappa shape index (κ2) is 7.48. The molecule has 0 N–H and O–H groups in total. The maximum atomic E-state index is 15.3. The molecule has 1 nitrogen and oxygen atoms in total. The standard InChI is InChI=1S/C30H21OP/c31-32(27-18-16-22-8-1-3-11-25(22)20-27,28-19-17-23-9-2-4-12-26(23)21-28)30-15-7-13-24-10-5-6-14-29(24)30/h1-21H. The fourth-order valence-corrected chi connectivity index (χ4v) is 7.56. The lowest BCUT2D eigenvalue weighted by Crippen LogP contribution is -2.25. The van der Waals surface area contributed by atoms with Gasteiger partial charge in [0.25, 0.3) is 0 Å². The minimum atomic E-state index is -3.13. The SMILES string of the molecule is O=P(c1ccc2ccccc2c1)(c1ccc2ccccc2c1)c1cccc2ccccc12. The van der Waals surface area contributed by atoms with E-state index in [1.54, 1.807) is 0 Å². The third-order valence-corrected chi connectivity index (χ3v) is 9.38. The molecule has 0 aliphatic heterocycles. The van der Waals surface area contributed by atoms with E-state index in [2.05, 4.69) is 66.7 Å². The molecule has 2 heteroatoms. The lowest BCUT2D eigenvalue weighted by atomic mass is 10.1. The summed E-state index contributed by atoms with van der Waals surface area (Å²) in [6.07, 6.45) is 0. The van der Waals surface area contributed by atoms with Crippen LogP contribution in [0.15, 0.2) is 127 Å². The molecule has 0 amide bonds. The van der Waals surface area contributed by atoms with Crippen LogP contribution in [0.5, 0.6) is 0 Å². The molecule has 0 bridgehead atoms. The van der Waals surface area contributed by atoms with Crippen LogP contribution in [-0.4, -0.2) is 0 Å². The van der Waals surface area contributed by atoms with Gasteiger partial charge in [0.2, 0.25) is 0 Å². The Hall–Kier alpha value is -3.67.